The second kappa shape index (κ2) is 10.1. The maximum absolute atomic E-state index is 10.7. The molecule has 0 spiro atoms. The summed E-state index contributed by atoms with van der Waals surface area (Å²) in [6.07, 6.45) is 1.63. The Bertz CT molecular complexity index is 1220. The zero-order chi connectivity index (χ0) is 23.2. The quantitative estimate of drug-likeness (QED) is 0.368. The van der Waals surface area contributed by atoms with E-state index in [0.29, 0.717) is 35.8 Å². The molecule has 0 unspecified atom stereocenters. The molecule has 4 aromatic rings. The highest BCUT2D eigenvalue weighted by atomic mass is 16.5. The highest BCUT2D eigenvalue weighted by Gasteiger charge is 2.23. The largest absolute Gasteiger partial charge is 0.497 e. The van der Waals surface area contributed by atoms with Crippen LogP contribution in [0.5, 0.6) is 11.6 Å². The van der Waals surface area contributed by atoms with Crippen molar-refractivity contribution in [1.82, 2.24) is 9.97 Å². The van der Waals surface area contributed by atoms with Crippen molar-refractivity contribution >= 4 is 17.1 Å². The Kier molecular flexibility index (Phi) is 6.85. The Morgan fingerprint density at radius 1 is 1.06 bits per heavy atom. The summed E-state index contributed by atoms with van der Waals surface area (Å²) in [4.78, 5) is 19.4. The molecule has 0 radical (unpaired) electrons. The number of ether oxygens (including phenoxy) is 3. The molecule has 0 saturated heterocycles. The first-order valence-electron chi connectivity index (χ1n) is 10.5. The summed E-state index contributed by atoms with van der Waals surface area (Å²) in [5.74, 6) is 0.800. The highest BCUT2D eigenvalue weighted by Crippen LogP contribution is 2.43. The first kappa shape index (κ1) is 22.3. The molecule has 1 atom stereocenters. The molecule has 0 aliphatic carbocycles. The average Bonchev–Trinajstić information content (AvgIpc) is 3.24. The number of carboxylic acids is 1. The molecule has 33 heavy (non-hydrogen) atoms. The van der Waals surface area contributed by atoms with Crippen molar-refractivity contribution in [2.75, 3.05) is 20.3 Å². The van der Waals surface area contributed by atoms with E-state index >= 15 is 0 Å². The van der Waals surface area contributed by atoms with E-state index in [2.05, 4.69) is 9.97 Å². The number of hydrogen-bond donors (Lipinski definition) is 1. The monoisotopic (exact) mass is 448 g/mol. The van der Waals surface area contributed by atoms with Gasteiger partial charge in [0.15, 0.2) is 0 Å². The number of nitrogens with zero attached hydrogens (tertiary/aromatic N) is 2. The van der Waals surface area contributed by atoms with Crippen molar-refractivity contribution < 1.29 is 28.5 Å². The van der Waals surface area contributed by atoms with E-state index in [9.17, 15) is 4.79 Å². The van der Waals surface area contributed by atoms with Crippen LogP contribution < -0.4 is 9.47 Å². The van der Waals surface area contributed by atoms with E-state index in [1.807, 2.05) is 54.6 Å². The molecule has 0 bridgehead atoms. The number of aromatic nitrogens is 2. The maximum atomic E-state index is 10.7. The fourth-order valence-corrected chi connectivity index (χ4v) is 3.46. The summed E-state index contributed by atoms with van der Waals surface area (Å²) in [6, 6.07) is 17.5. The molecule has 0 saturated carbocycles. The lowest BCUT2D eigenvalue weighted by Crippen LogP contribution is -2.17. The van der Waals surface area contributed by atoms with E-state index in [1.165, 1.54) is 6.33 Å². The summed E-state index contributed by atoms with van der Waals surface area (Å²) < 4.78 is 22.7. The average molecular weight is 448 g/mol. The van der Waals surface area contributed by atoms with Crippen molar-refractivity contribution in [2.45, 2.75) is 19.4 Å². The van der Waals surface area contributed by atoms with E-state index in [1.54, 1.807) is 14.0 Å². The van der Waals surface area contributed by atoms with Crippen LogP contribution >= 0.6 is 0 Å². The van der Waals surface area contributed by atoms with Crippen LogP contribution in [-0.4, -0.2) is 47.5 Å². The van der Waals surface area contributed by atoms with Gasteiger partial charge in [-0.2, -0.15) is 0 Å². The lowest BCUT2D eigenvalue weighted by Gasteiger charge is -2.12. The Labute approximate surface area is 190 Å². The molecule has 8 nitrogen and oxygen atoms in total. The first-order chi connectivity index (χ1) is 16.1. The molecule has 8 heteroatoms. The van der Waals surface area contributed by atoms with Crippen molar-refractivity contribution in [3.8, 4) is 34.1 Å². The number of benzene rings is 2. The predicted octanol–water partition coefficient (Wildman–Crippen LogP) is 4.82. The highest BCUT2D eigenvalue weighted by molar-refractivity contribution is 6.03. The van der Waals surface area contributed by atoms with Gasteiger partial charge in [0.25, 0.3) is 0 Å². The lowest BCUT2D eigenvalue weighted by atomic mass is 9.99. The standard InChI is InChI=1S/C25H24N2O6/c1-16(32-14-20(28)29)12-13-31-24-22-21(17-8-10-19(30-2)11-9-17)23(18-6-4-3-5-7-18)33-25(22)27-15-26-24/h3-11,15-16H,12-14H2,1-2H3,(H,28,29)/t16-/m1/s1. The summed E-state index contributed by atoms with van der Waals surface area (Å²) >= 11 is 0. The smallest absolute Gasteiger partial charge is 0.329 e. The maximum Gasteiger partial charge on any atom is 0.329 e. The number of aliphatic carboxylic acids is 1. The van der Waals surface area contributed by atoms with E-state index in [0.717, 1.165) is 22.4 Å². The number of carboxylic acid groups (broad SMARTS) is 1. The summed E-state index contributed by atoms with van der Waals surface area (Å²) in [5.41, 5.74) is 3.05. The molecule has 0 aliphatic heterocycles. The number of carbonyl (C=O) groups is 1. The Balaban J connectivity index is 1.71. The lowest BCUT2D eigenvalue weighted by molar-refractivity contribution is -0.144. The number of methoxy groups -OCH3 is 1. The van der Waals surface area contributed by atoms with Crippen LogP contribution in [0.3, 0.4) is 0 Å². The fourth-order valence-electron chi connectivity index (χ4n) is 3.46. The van der Waals surface area contributed by atoms with Crippen LogP contribution in [0.1, 0.15) is 13.3 Å². The van der Waals surface area contributed by atoms with Gasteiger partial charge < -0.3 is 23.7 Å². The SMILES string of the molecule is COc1ccc(-c2c(-c3ccccc3)oc3ncnc(OCC[C@@H](C)OCC(=O)O)c23)cc1. The normalized spacial score (nSPS) is 11.9. The minimum atomic E-state index is -1.00. The van der Waals surface area contributed by atoms with Crippen LogP contribution in [0, 0.1) is 0 Å². The zero-order valence-corrected chi connectivity index (χ0v) is 18.4. The van der Waals surface area contributed by atoms with E-state index < -0.39 is 5.97 Å². The fraction of sp³-hybridized carbons (Fsp3) is 0.240. The number of hydrogen-bond acceptors (Lipinski definition) is 7. The molecule has 1 N–H and O–H groups in total. The van der Waals surface area contributed by atoms with Gasteiger partial charge in [-0.1, -0.05) is 42.5 Å². The molecule has 4 rings (SSSR count). The van der Waals surface area contributed by atoms with Crippen molar-refractivity contribution in [3.05, 3.63) is 60.9 Å². The molecule has 2 heterocycles. The van der Waals surface area contributed by atoms with Gasteiger partial charge in [0, 0.05) is 17.5 Å². The van der Waals surface area contributed by atoms with Gasteiger partial charge in [-0.3, -0.25) is 0 Å². The Hall–Kier alpha value is -3.91. The first-order valence-corrected chi connectivity index (χ1v) is 10.5. The number of fused-ring (bicyclic) bond motifs is 1. The molecule has 2 aromatic heterocycles. The molecular weight excluding hydrogens is 424 g/mol. The van der Waals surface area contributed by atoms with Crippen molar-refractivity contribution in [2.24, 2.45) is 0 Å². The van der Waals surface area contributed by atoms with E-state index in [4.69, 9.17) is 23.7 Å². The Morgan fingerprint density at radius 2 is 1.82 bits per heavy atom. The second-order valence-electron chi connectivity index (χ2n) is 7.41. The number of rotatable bonds is 10. The minimum absolute atomic E-state index is 0.274. The molecule has 0 aliphatic rings. The van der Waals surface area contributed by atoms with Crippen molar-refractivity contribution in [1.29, 1.82) is 0 Å². The van der Waals surface area contributed by atoms with Crippen LogP contribution in [-0.2, 0) is 9.53 Å². The zero-order valence-electron chi connectivity index (χ0n) is 18.4. The summed E-state index contributed by atoms with van der Waals surface area (Å²) in [6.45, 7) is 1.75. The molecule has 0 amide bonds. The van der Waals surface area contributed by atoms with Gasteiger partial charge in [-0.15, -0.1) is 0 Å². The van der Waals surface area contributed by atoms with Gasteiger partial charge >= 0.3 is 5.97 Å². The van der Waals surface area contributed by atoms with Crippen LogP contribution in [0.15, 0.2) is 65.3 Å². The molecule has 170 valence electrons. The second-order valence-corrected chi connectivity index (χ2v) is 7.41. The third kappa shape index (κ3) is 5.12. The number of furan rings is 1. The third-order valence-corrected chi connectivity index (χ3v) is 5.12. The molecule has 0 fully saturated rings. The predicted molar refractivity (Wildman–Crippen MR) is 122 cm³/mol. The van der Waals surface area contributed by atoms with Gasteiger partial charge in [0.1, 0.15) is 29.8 Å². The van der Waals surface area contributed by atoms with Gasteiger partial charge in [0.05, 0.1) is 19.8 Å². The van der Waals surface area contributed by atoms with E-state index in [-0.39, 0.29) is 12.7 Å². The summed E-state index contributed by atoms with van der Waals surface area (Å²) in [5, 5.41) is 9.43. The topological polar surface area (TPSA) is 104 Å². The minimum Gasteiger partial charge on any atom is -0.497 e. The van der Waals surface area contributed by atoms with Crippen LogP contribution in [0.4, 0.5) is 0 Å². The molecule has 2 aromatic carbocycles. The van der Waals surface area contributed by atoms with Crippen LogP contribution in [0.2, 0.25) is 0 Å². The van der Waals surface area contributed by atoms with Gasteiger partial charge in [0.2, 0.25) is 11.6 Å². The van der Waals surface area contributed by atoms with Crippen LogP contribution in [0.25, 0.3) is 33.6 Å². The van der Waals surface area contributed by atoms with Gasteiger partial charge in [-0.05, 0) is 24.6 Å². The summed E-state index contributed by atoms with van der Waals surface area (Å²) in [7, 11) is 1.62. The third-order valence-electron chi connectivity index (χ3n) is 5.12. The Morgan fingerprint density at radius 3 is 2.52 bits per heavy atom. The molecular formula is C25H24N2O6. The van der Waals surface area contributed by atoms with Crippen molar-refractivity contribution in [3.63, 3.8) is 0 Å². The van der Waals surface area contributed by atoms with Gasteiger partial charge in [-0.25, -0.2) is 14.8 Å².